The number of nitrogens with one attached hydrogen (secondary N) is 1. The summed E-state index contributed by atoms with van der Waals surface area (Å²) in [5.74, 6) is 1.59. The summed E-state index contributed by atoms with van der Waals surface area (Å²) < 4.78 is 16.3. The maximum absolute atomic E-state index is 5.68. The Labute approximate surface area is 170 Å². The molecular weight excluding hydrogens is 447 g/mol. The molecule has 2 aromatic rings. The second kappa shape index (κ2) is 10.5. The van der Waals surface area contributed by atoms with Gasteiger partial charge in [0.05, 0.1) is 25.9 Å². The molecule has 0 saturated carbocycles. The van der Waals surface area contributed by atoms with Gasteiger partial charge < -0.3 is 24.2 Å². The summed E-state index contributed by atoms with van der Waals surface area (Å²) in [5, 5.41) is 7.46. The van der Waals surface area contributed by atoms with E-state index in [1.54, 1.807) is 14.2 Å². The average molecular weight is 472 g/mol. The van der Waals surface area contributed by atoms with E-state index in [-0.39, 0.29) is 30.1 Å². The highest BCUT2D eigenvalue weighted by Crippen LogP contribution is 2.18. The van der Waals surface area contributed by atoms with Gasteiger partial charge in [-0.3, -0.25) is 4.99 Å². The average Bonchev–Trinajstić information content (AvgIpc) is 3.13. The summed E-state index contributed by atoms with van der Waals surface area (Å²) in [6.07, 6.45) is 0.0623. The number of hydrogen-bond acceptors (Lipinski definition) is 5. The number of morpholine rings is 1. The number of halogens is 1. The van der Waals surface area contributed by atoms with Crippen LogP contribution in [0.4, 0.5) is 0 Å². The number of rotatable bonds is 5. The first-order chi connectivity index (χ1) is 12.3. The molecule has 0 radical (unpaired) electrons. The first kappa shape index (κ1) is 20.7. The first-order valence-corrected chi connectivity index (χ1v) is 8.37. The second-order valence-electron chi connectivity index (χ2n) is 5.84. The Morgan fingerprint density at radius 1 is 1.38 bits per heavy atom. The number of nitrogens with zero attached hydrogens (tertiary/aromatic N) is 3. The van der Waals surface area contributed by atoms with E-state index in [1.165, 1.54) is 0 Å². The largest absolute Gasteiger partial charge is 0.382 e. The molecular formula is C18H25IN4O3. The lowest BCUT2D eigenvalue weighted by Gasteiger charge is -2.34. The molecule has 142 valence electrons. The van der Waals surface area contributed by atoms with Gasteiger partial charge in [0.1, 0.15) is 5.69 Å². The van der Waals surface area contributed by atoms with Crippen LogP contribution in [-0.2, 0) is 16.0 Å². The third-order valence-electron chi connectivity index (χ3n) is 4.05. The van der Waals surface area contributed by atoms with E-state index < -0.39 is 0 Å². The summed E-state index contributed by atoms with van der Waals surface area (Å²) in [6, 6.07) is 11.9. The van der Waals surface area contributed by atoms with Crippen LogP contribution in [0.3, 0.4) is 0 Å². The zero-order valence-corrected chi connectivity index (χ0v) is 17.4. The monoisotopic (exact) mass is 472 g/mol. The van der Waals surface area contributed by atoms with Crippen LogP contribution < -0.4 is 5.32 Å². The van der Waals surface area contributed by atoms with Crippen molar-refractivity contribution in [3.63, 3.8) is 0 Å². The van der Waals surface area contributed by atoms with Gasteiger partial charge in [0.25, 0.3) is 0 Å². The molecule has 0 aliphatic carbocycles. The van der Waals surface area contributed by atoms with Gasteiger partial charge in [-0.25, -0.2) is 0 Å². The number of aliphatic imine (C=N–C) groups is 1. The van der Waals surface area contributed by atoms with Crippen molar-refractivity contribution in [2.75, 3.05) is 40.5 Å². The van der Waals surface area contributed by atoms with Crippen LogP contribution in [0.5, 0.6) is 0 Å². The zero-order valence-electron chi connectivity index (χ0n) is 15.1. The van der Waals surface area contributed by atoms with Crippen molar-refractivity contribution >= 4 is 29.9 Å². The number of guanidine groups is 1. The Bertz CT molecular complexity index is 691. The number of ether oxygens (including phenoxy) is 2. The normalized spacial score (nSPS) is 17.7. The maximum Gasteiger partial charge on any atom is 0.194 e. The van der Waals surface area contributed by atoms with Crippen LogP contribution in [0.1, 0.15) is 5.76 Å². The van der Waals surface area contributed by atoms with E-state index >= 15 is 0 Å². The summed E-state index contributed by atoms with van der Waals surface area (Å²) >= 11 is 0. The molecule has 1 unspecified atom stereocenters. The zero-order chi connectivity index (χ0) is 17.5. The van der Waals surface area contributed by atoms with E-state index in [0.29, 0.717) is 19.8 Å². The molecule has 1 N–H and O–H groups in total. The van der Waals surface area contributed by atoms with E-state index in [1.807, 2.05) is 36.4 Å². The van der Waals surface area contributed by atoms with Crippen molar-refractivity contribution < 1.29 is 14.0 Å². The lowest BCUT2D eigenvalue weighted by molar-refractivity contribution is -0.0447. The van der Waals surface area contributed by atoms with Gasteiger partial charge >= 0.3 is 0 Å². The summed E-state index contributed by atoms with van der Waals surface area (Å²) in [7, 11) is 3.46. The third-order valence-corrected chi connectivity index (χ3v) is 4.05. The van der Waals surface area contributed by atoms with Gasteiger partial charge in [0.2, 0.25) is 0 Å². The van der Waals surface area contributed by atoms with Crippen LogP contribution in [0.15, 0.2) is 45.9 Å². The molecule has 1 saturated heterocycles. The van der Waals surface area contributed by atoms with Crippen molar-refractivity contribution in [1.82, 2.24) is 15.4 Å². The van der Waals surface area contributed by atoms with Crippen LogP contribution >= 0.6 is 24.0 Å². The molecule has 7 nitrogen and oxygen atoms in total. The Hall–Kier alpha value is -1.65. The predicted octanol–water partition coefficient (Wildman–Crippen LogP) is 2.38. The van der Waals surface area contributed by atoms with E-state index in [2.05, 4.69) is 20.4 Å². The molecule has 8 heteroatoms. The van der Waals surface area contributed by atoms with Gasteiger partial charge in [0, 0.05) is 38.9 Å². The number of methoxy groups -OCH3 is 1. The van der Waals surface area contributed by atoms with Crippen molar-refractivity contribution in [2.45, 2.75) is 12.6 Å². The quantitative estimate of drug-likeness (QED) is 0.410. The standard InChI is InChI=1S/C18H24N4O3.HI/c1-19-18(22-8-9-24-16(12-22)13-23-2)20-11-15-10-17(21-25-15)14-6-4-3-5-7-14;/h3-7,10,16H,8-9,11-13H2,1-2H3,(H,19,20);1H. The van der Waals surface area contributed by atoms with Crippen molar-refractivity contribution in [2.24, 2.45) is 4.99 Å². The molecule has 0 spiro atoms. The predicted molar refractivity (Wildman–Crippen MR) is 111 cm³/mol. The molecule has 1 aromatic carbocycles. The maximum atomic E-state index is 5.68. The fourth-order valence-corrected chi connectivity index (χ4v) is 2.84. The fourth-order valence-electron chi connectivity index (χ4n) is 2.84. The molecule has 26 heavy (non-hydrogen) atoms. The molecule has 0 bridgehead atoms. The van der Waals surface area contributed by atoms with Gasteiger partial charge in [-0.2, -0.15) is 0 Å². The molecule has 1 fully saturated rings. The molecule has 2 heterocycles. The highest BCUT2D eigenvalue weighted by atomic mass is 127. The highest BCUT2D eigenvalue weighted by Gasteiger charge is 2.22. The van der Waals surface area contributed by atoms with E-state index in [0.717, 1.165) is 36.1 Å². The molecule has 1 aliphatic rings. The van der Waals surface area contributed by atoms with Gasteiger partial charge in [0.15, 0.2) is 11.7 Å². The van der Waals surface area contributed by atoms with Crippen molar-refractivity contribution in [3.8, 4) is 11.3 Å². The lowest BCUT2D eigenvalue weighted by Crippen LogP contribution is -2.51. The summed E-state index contributed by atoms with van der Waals surface area (Å²) in [4.78, 5) is 6.53. The van der Waals surface area contributed by atoms with Gasteiger partial charge in [-0.05, 0) is 0 Å². The fraction of sp³-hybridized carbons (Fsp3) is 0.444. The first-order valence-electron chi connectivity index (χ1n) is 8.37. The second-order valence-corrected chi connectivity index (χ2v) is 5.84. The van der Waals surface area contributed by atoms with Crippen LogP contribution in [0.2, 0.25) is 0 Å². The van der Waals surface area contributed by atoms with Crippen LogP contribution in [0, 0.1) is 0 Å². The molecule has 3 rings (SSSR count). The molecule has 1 atom stereocenters. The minimum atomic E-state index is 0. The molecule has 0 amide bonds. The van der Waals surface area contributed by atoms with Crippen molar-refractivity contribution in [3.05, 3.63) is 42.2 Å². The van der Waals surface area contributed by atoms with Crippen LogP contribution in [0.25, 0.3) is 11.3 Å². The third kappa shape index (κ3) is 5.42. The SMILES string of the molecule is CN=C(NCc1cc(-c2ccccc2)no1)N1CCOC(COC)C1.I. The highest BCUT2D eigenvalue weighted by molar-refractivity contribution is 14.0. The lowest BCUT2D eigenvalue weighted by atomic mass is 10.1. The number of aromatic nitrogens is 1. The number of hydrogen-bond donors (Lipinski definition) is 1. The Balaban J connectivity index is 0.00000243. The Morgan fingerprint density at radius 3 is 2.92 bits per heavy atom. The minimum absolute atomic E-state index is 0. The molecule has 1 aromatic heterocycles. The van der Waals surface area contributed by atoms with E-state index in [4.69, 9.17) is 14.0 Å². The molecule has 1 aliphatic heterocycles. The summed E-state index contributed by atoms with van der Waals surface area (Å²) in [5.41, 5.74) is 1.87. The Morgan fingerprint density at radius 2 is 2.19 bits per heavy atom. The van der Waals surface area contributed by atoms with Gasteiger partial charge in [-0.15, -0.1) is 24.0 Å². The Kier molecular flexibility index (Phi) is 8.33. The summed E-state index contributed by atoms with van der Waals surface area (Å²) in [6.45, 7) is 3.31. The number of benzene rings is 1. The topological polar surface area (TPSA) is 72.1 Å². The minimum Gasteiger partial charge on any atom is -0.382 e. The van der Waals surface area contributed by atoms with E-state index in [9.17, 15) is 0 Å². The van der Waals surface area contributed by atoms with Gasteiger partial charge in [-0.1, -0.05) is 35.5 Å². The van der Waals surface area contributed by atoms with Crippen molar-refractivity contribution in [1.29, 1.82) is 0 Å². The smallest absolute Gasteiger partial charge is 0.194 e. The van der Waals surface area contributed by atoms with Crippen LogP contribution in [-0.4, -0.2) is 62.6 Å².